The monoisotopic (exact) mass is 369 g/mol. The van der Waals surface area contributed by atoms with Crippen molar-refractivity contribution in [1.29, 1.82) is 5.26 Å². The van der Waals surface area contributed by atoms with Gasteiger partial charge in [0, 0.05) is 22.7 Å². The van der Waals surface area contributed by atoms with Crippen LogP contribution in [0.15, 0.2) is 53.6 Å². The summed E-state index contributed by atoms with van der Waals surface area (Å²) in [5, 5.41) is 25.6. The van der Waals surface area contributed by atoms with Crippen LogP contribution in [0.3, 0.4) is 0 Å². The quantitative estimate of drug-likeness (QED) is 0.897. The summed E-state index contributed by atoms with van der Waals surface area (Å²) in [6.45, 7) is 1.45. The number of benzene rings is 2. The number of hydrogen-bond donors (Lipinski definition) is 1. The molecule has 7 heteroatoms. The van der Waals surface area contributed by atoms with Crippen molar-refractivity contribution in [1.82, 2.24) is 5.01 Å². The van der Waals surface area contributed by atoms with E-state index < -0.39 is 11.6 Å². The normalized spacial score (nSPS) is 19.0. The average Bonchev–Trinajstić information content (AvgIpc) is 2.96. The zero-order valence-corrected chi connectivity index (χ0v) is 14.8. The molecule has 0 bridgehead atoms. The van der Waals surface area contributed by atoms with Crippen LogP contribution in [0.25, 0.3) is 0 Å². The molecule has 2 aromatic rings. The number of carbonyl (C=O) groups is 1. The summed E-state index contributed by atoms with van der Waals surface area (Å²) in [5.41, 5.74) is 0.0868. The Hall–Kier alpha value is -2.88. The number of hydrazone groups is 1. The summed E-state index contributed by atoms with van der Waals surface area (Å²) in [6.07, 6.45) is 0.206. The first kappa shape index (κ1) is 17.9. The maximum atomic E-state index is 12.6. The van der Waals surface area contributed by atoms with E-state index in [-0.39, 0.29) is 13.0 Å². The van der Waals surface area contributed by atoms with Gasteiger partial charge in [-0.05, 0) is 43.3 Å². The predicted octanol–water partition coefficient (Wildman–Crippen LogP) is 3.04. The van der Waals surface area contributed by atoms with E-state index in [9.17, 15) is 9.90 Å². The standard InChI is InChI=1S/C19H16ClN3O3/c1-13-10-19(25,15-4-6-16(20)7-5-15)23(22-13)18(24)12-26-17-8-2-14(11-21)3-9-17/h2-9,25H,10,12H2,1H3/t19-/m1/s1. The molecule has 0 spiro atoms. The Morgan fingerprint density at radius 1 is 1.31 bits per heavy atom. The van der Waals surface area contributed by atoms with Gasteiger partial charge in [0.2, 0.25) is 0 Å². The third-order valence-corrected chi connectivity index (χ3v) is 4.26. The van der Waals surface area contributed by atoms with Gasteiger partial charge in [-0.25, -0.2) is 0 Å². The first-order valence-corrected chi connectivity index (χ1v) is 8.29. The SMILES string of the molecule is CC1=NN(C(=O)COc2ccc(C#N)cc2)[C@](O)(c2ccc(Cl)cc2)C1. The van der Waals surface area contributed by atoms with Crippen LogP contribution in [-0.2, 0) is 10.5 Å². The van der Waals surface area contributed by atoms with Gasteiger partial charge in [-0.15, -0.1) is 0 Å². The molecule has 0 aliphatic carbocycles. The summed E-state index contributed by atoms with van der Waals surface area (Å²) in [5.74, 6) is -0.0315. The Balaban J connectivity index is 1.75. The molecule has 1 aliphatic rings. The lowest BCUT2D eigenvalue weighted by Gasteiger charge is -2.31. The third-order valence-electron chi connectivity index (χ3n) is 4.01. The molecular formula is C19H16ClN3O3. The summed E-state index contributed by atoms with van der Waals surface area (Å²) < 4.78 is 5.46. The number of rotatable bonds is 4. The minimum Gasteiger partial charge on any atom is -0.484 e. The van der Waals surface area contributed by atoms with E-state index >= 15 is 0 Å². The average molecular weight is 370 g/mol. The van der Waals surface area contributed by atoms with E-state index in [0.29, 0.717) is 27.6 Å². The number of nitrogens with zero attached hydrogens (tertiary/aromatic N) is 3. The molecule has 1 heterocycles. The third kappa shape index (κ3) is 3.54. The predicted molar refractivity (Wildman–Crippen MR) is 96.6 cm³/mol. The number of aliphatic hydroxyl groups is 1. The largest absolute Gasteiger partial charge is 0.484 e. The van der Waals surface area contributed by atoms with Crippen molar-refractivity contribution in [3.63, 3.8) is 0 Å². The molecule has 26 heavy (non-hydrogen) atoms. The van der Waals surface area contributed by atoms with Crippen LogP contribution >= 0.6 is 11.6 Å². The Bertz CT molecular complexity index is 888. The topological polar surface area (TPSA) is 85.9 Å². The molecule has 0 aromatic heterocycles. The van der Waals surface area contributed by atoms with Crippen LogP contribution in [-0.4, -0.2) is 28.3 Å². The Kier molecular flexibility index (Phi) is 4.94. The highest BCUT2D eigenvalue weighted by Gasteiger charge is 2.44. The molecule has 0 saturated carbocycles. The smallest absolute Gasteiger partial charge is 0.283 e. The van der Waals surface area contributed by atoms with Gasteiger partial charge in [-0.2, -0.15) is 15.4 Å². The molecule has 0 fully saturated rings. The van der Waals surface area contributed by atoms with Crippen molar-refractivity contribution >= 4 is 23.2 Å². The first-order valence-electron chi connectivity index (χ1n) is 7.91. The van der Waals surface area contributed by atoms with Gasteiger partial charge in [-0.3, -0.25) is 4.79 Å². The lowest BCUT2D eigenvalue weighted by Crippen LogP contribution is -2.45. The van der Waals surface area contributed by atoms with Crippen LogP contribution < -0.4 is 4.74 Å². The van der Waals surface area contributed by atoms with Gasteiger partial charge in [0.15, 0.2) is 12.3 Å². The maximum absolute atomic E-state index is 12.6. The van der Waals surface area contributed by atoms with Gasteiger partial charge >= 0.3 is 0 Å². The van der Waals surface area contributed by atoms with E-state index in [2.05, 4.69) is 5.10 Å². The van der Waals surface area contributed by atoms with Crippen LogP contribution in [0.2, 0.25) is 5.02 Å². The summed E-state index contributed by atoms with van der Waals surface area (Å²) in [6, 6.07) is 15.1. The fraction of sp³-hybridized carbons (Fsp3) is 0.211. The van der Waals surface area contributed by atoms with Gasteiger partial charge in [0.1, 0.15) is 5.75 Å². The molecule has 6 nitrogen and oxygen atoms in total. The minimum atomic E-state index is -1.57. The van der Waals surface area contributed by atoms with Gasteiger partial charge in [-0.1, -0.05) is 23.7 Å². The fourth-order valence-electron chi connectivity index (χ4n) is 2.76. The highest BCUT2D eigenvalue weighted by atomic mass is 35.5. The number of halogens is 1. The lowest BCUT2D eigenvalue weighted by atomic mass is 9.98. The summed E-state index contributed by atoms with van der Waals surface area (Å²) in [7, 11) is 0. The lowest BCUT2D eigenvalue weighted by molar-refractivity contribution is -0.159. The zero-order valence-electron chi connectivity index (χ0n) is 14.0. The molecule has 0 saturated heterocycles. The second-order valence-corrected chi connectivity index (χ2v) is 6.40. The van der Waals surface area contributed by atoms with Crippen molar-refractivity contribution in [2.75, 3.05) is 6.61 Å². The highest BCUT2D eigenvalue weighted by Crippen LogP contribution is 2.35. The van der Waals surface area contributed by atoms with Crippen molar-refractivity contribution < 1.29 is 14.6 Å². The second kappa shape index (κ2) is 7.16. The molecule has 132 valence electrons. The molecule has 3 rings (SSSR count). The molecule has 2 aromatic carbocycles. The molecule has 1 amide bonds. The van der Waals surface area contributed by atoms with Crippen molar-refractivity contribution in [2.45, 2.75) is 19.1 Å². The fourth-order valence-corrected chi connectivity index (χ4v) is 2.88. The van der Waals surface area contributed by atoms with E-state index in [1.807, 2.05) is 6.07 Å². The maximum Gasteiger partial charge on any atom is 0.283 e. The minimum absolute atomic E-state index is 0.206. The molecule has 0 unspecified atom stereocenters. The van der Waals surface area contributed by atoms with Crippen molar-refractivity contribution in [3.8, 4) is 11.8 Å². The number of ether oxygens (including phenoxy) is 1. The number of hydrogen-bond acceptors (Lipinski definition) is 5. The molecule has 0 radical (unpaired) electrons. The van der Waals surface area contributed by atoms with E-state index in [1.54, 1.807) is 55.5 Å². The summed E-state index contributed by atoms with van der Waals surface area (Å²) in [4.78, 5) is 12.6. The van der Waals surface area contributed by atoms with E-state index in [4.69, 9.17) is 21.6 Å². The van der Waals surface area contributed by atoms with Crippen LogP contribution in [0.5, 0.6) is 5.75 Å². The van der Waals surface area contributed by atoms with Gasteiger partial charge in [0.05, 0.1) is 11.6 Å². The van der Waals surface area contributed by atoms with Crippen molar-refractivity contribution in [2.24, 2.45) is 5.10 Å². The first-order chi connectivity index (χ1) is 12.4. The van der Waals surface area contributed by atoms with Gasteiger partial charge < -0.3 is 9.84 Å². The van der Waals surface area contributed by atoms with E-state index in [0.717, 1.165) is 5.01 Å². The molecular weight excluding hydrogens is 354 g/mol. The van der Waals surface area contributed by atoms with Crippen LogP contribution in [0.4, 0.5) is 0 Å². The molecule has 1 N–H and O–H groups in total. The van der Waals surface area contributed by atoms with E-state index in [1.165, 1.54) is 0 Å². The second-order valence-electron chi connectivity index (χ2n) is 5.97. The van der Waals surface area contributed by atoms with Crippen LogP contribution in [0, 0.1) is 11.3 Å². The Morgan fingerprint density at radius 2 is 1.96 bits per heavy atom. The number of carbonyl (C=O) groups excluding carboxylic acids is 1. The molecule has 1 aliphatic heterocycles. The van der Waals surface area contributed by atoms with Crippen molar-refractivity contribution in [3.05, 3.63) is 64.7 Å². The summed E-state index contributed by atoms with van der Waals surface area (Å²) >= 11 is 5.90. The van der Waals surface area contributed by atoms with Gasteiger partial charge in [0.25, 0.3) is 5.91 Å². The molecule has 1 atom stereocenters. The Labute approximate surface area is 155 Å². The highest BCUT2D eigenvalue weighted by molar-refractivity contribution is 6.30. The van der Waals surface area contributed by atoms with Crippen LogP contribution in [0.1, 0.15) is 24.5 Å². The zero-order chi connectivity index (χ0) is 18.7. The number of nitriles is 1. The number of amides is 1. The Morgan fingerprint density at radius 3 is 2.58 bits per heavy atom.